The molecule has 1 aromatic rings. The summed E-state index contributed by atoms with van der Waals surface area (Å²) in [6.45, 7) is -0.885. The summed E-state index contributed by atoms with van der Waals surface area (Å²) in [6.07, 6.45) is 2.21. The molecular formula is C16H19F2NO4. The van der Waals surface area contributed by atoms with E-state index in [1.807, 2.05) is 0 Å². The van der Waals surface area contributed by atoms with Crippen LogP contribution in [0.4, 0.5) is 8.78 Å². The molecule has 7 heteroatoms. The topological polar surface area (TPSA) is 75.6 Å². The second kappa shape index (κ2) is 6.93. The van der Waals surface area contributed by atoms with E-state index in [9.17, 15) is 23.5 Å². The standard InChI is InChI=1S/C16H19F2NO4/c1-10-6-8-16(9-7-10,14(21)22)19-13(20)11-2-4-12(5-3-11)23-15(17)18/h2-5,10,15H,6-9H2,1H3,(H,19,20)(H,21,22). The predicted octanol–water partition coefficient (Wildman–Crippen LogP) is 3.05. The van der Waals surface area contributed by atoms with Gasteiger partial charge in [0.1, 0.15) is 11.3 Å². The number of hydrogen-bond donors (Lipinski definition) is 2. The van der Waals surface area contributed by atoms with Crippen LogP contribution < -0.4 is 10.1 Å². The minimum Gasteiger partial charge on any atom is -0.480 e. The van der Waals surface area contributed by atoms with Gasteiger partial charge in [-0.1, -0.05) is 6.92 Å². The van der Waals surface area contributed by atoms with Crippen molar-refractivity contribution in [3.05, 3.63) is 29.8 Å². The number of carbonyl (C=O) groups excluding carboxylic acids is 1. The van der Waals surface area contributed by atoms with Crippen LogP contribution in [0.2, 0.25) is 0 Å². The quantitative estimate of drug-likeness (QED) is 0.871. The van der Waals surface area contributed by atoms with Crippen LogP contribution in [-0.2, 0) is 4.79 Å². The van der Waals surface area contributed by atoms with Gasteiger partial charge in [0.25, 0.3) is 5.91 Å². The Morgan fingerprint density at radius 3 is 2.30 bits per heavy atom. The number of amides is 1. The minimum atomic E-state index is -2.94. The molecule has 0 heterocycles. The van der Waals surface area contributed by atoms with Crippen LogP contribution in [0.5, 0.6) is 5.75 Å². The van der Waals surface area contributed by atoms with Gasteiger partial charge in [-0.25, -0.2) is 4.79 Å². The lowest BCUT2D eigenvalue weighted by molar-refractivity contribution is -0.146. The van der Waals surface area contributed by atoms with Crippen LogP contribution in [0, 0.1) is 5.92 Å². The van der Waals surface area contributed by atoms with E-state index < -0.39 is 24.0 Å². The highest BCUT2D eigenvalue weighted by atomic mass is 19.3. The summed E-state index contributed by atoms with van der Waals surface area (Å²) >= 11 is 0. The fourth-order valence-electron chi connectivity index (χ4n) is 2.72. The molecule has 2 rings (SSSR count). The summed E-state index contributed by atoms with van der Waals surface area (Å²) in [5.41, 5.74) is -1.06. The third-order valence-corrected chi connectivity index (χ3v) is 4.23. The van der Waals surface area contributed by atoms with E-state index in [2.05, 4.69) is 17.0 Å². The normalized spacial score (nSPS) is 24.3. The van der Waals surface area contributed by atoms with Crippen LogP contribution in [-0.4, -0.2) is 29.1 Å². The van der Waals surface area contributed by atoms with Crippen molar-refractivity contribution in [2.45, 2.75) is 44.8 Å². The minimum absolute atomic E-state index is 0.0593. The van der Waals surface area contributed by atoms with Gasteiger partial charge >= 0.3 is 12.6 Å². The number of carboxylic acids is 1. The Balaban J connectivity index is 2.08. The SMILES string of the molecule is CC1CCC(NC(=O)c2ccc(OC(F)F)cc2)(C(=O)O)CC1. The fraction of sp³-hybridized carbons (Fsp3) is 0.500. The Kier molecular flexibility index (Phi) is 5.18. The van der Waals surface area contributed by atoms with Crippen molar-refractivity contribution >= 4 is 11.9 Å². The Morgan fingerprint density at radius 1 is 1.26 bits per heavy atom. The Labute approximate surface area is 132 Å². The number of aliphatic carboxylic acids is 1. The van der Waals surface area contributed by atoms with E-state index in [-0.39, 0.29) is 11.3 Å². The van der Waals surface area contributed by atoms with Crippen LogP contribution in [0.25, 0.3) is 0 Å². The third-order valence-electron chi connectivity index (χ3n) is 4.23. The van der Waals surface area contributed by atoms with E-state index >= 15 is 0 Å². The van der Waals surface area contributed by atoms with E-state index in [1.165, 1.54) is 24.3 Å². The molecule has 1 fully saturated rings. The molecule has 1 aromatic carbocycles. The lowest BCUT2D eigenvalue weighted by Crippen LogP contribution is -2.56. The Hall–Kier alpha value is -2.18. The number of carbonyl (C=O) groups is 2. The zero-order valence-electron chi connectivity index (χ0n) is 12.7. The highest BCUT2D eigenvalue weighted by Crippen LogP contribution is 2.32. The lowest BCUT2D eigenvalue weighted by Gasteiger charge is -2.36. The first kappa shape index (κ1) is 17.2. The molecule has 0 atom stereocenters. The van der Waals surface area contributed by atoms with E-state index in [0.717, 1.165) is 12.8 Å². The van der Waals surface area contributed by atoms with E-state index in [4.69, 9.17) is 0 Å². The van der Waals surface area contributed by atoms with Crippen molar-refractivity contribution in [1.82, 2.24) is 5.32 Å². The molecule has 2 N–H and O–H groups in total. The zero-order chi connectivity index (χ0) is 17.0. The van der Waals surface area contributed by atoms with Crippen LogP contribution in [0.15, 0.2) is 24.3 Å². The highest BCUT2D eigenvalue weighted by Gasteiger charge is 2.42. The average Bonchev–Trinajstić information content (AvgIpc) is 2.49. The number of hydrogen-bond acceptors (Lipinski definition) is 3. The van der Waals surface area contributed by atoms with Gasteiger partial charge in [-0.3, -0.25) is 4.79 Å². The van der Waals surface area contributed by atoms with Crippen molar-refractivity contribution in [2.24, 2.45) is 5.92 Å². The zero-order valence-corrected chi connectivity index (χ0v) is 12.7. The van der Waals surface area contributed by atoms with Gasteiger partial charge in [0.2, 0.25) is 0 Å². The number of ether oxygens (including phenoxy) is 1. The van der Waals surface area contributed by atoms with Gasteiger partial charge in [-0.15, -0.1) is 0 Å². The van der Waals surface area contributed by atoms with Crippen molar-refractivity contribution < 1.29 is 28.2 Å². The second-order valence-corrected chi connectivity index (χ2v) is 5.93. The Morgan fingerprint density at radius 2 is 1.83 bits per heavy atom. The maximum absolute atomic E-state index is 12.3. The summed E-state index contributed by atoms with van der Waals surface area (Å²) in [5.74, 6) is -1.21. The van der Waals surface area contributed by atoms with E-state index in [1.54, 1.807) is 0 Å². The molecular weight excluding hydrogens is 308 g/mol. The number of halogens is 2. The third kappa shape index (κ3) is 4.18. The monoisotopic (exact) mass is 327 g/mol. The first-order chi connectivity index (χ1) is 10.8. The van der Waals surface area contributed by atoms with E-state index in [0.29, 0.717) is 18.8 Å². The van der Waals surface area contributed by atoms with Gasteiger partial charge in [0.05, 0.1) is 0 Å². The van der Waals surface area contributed by atoms with Crippen LogP contribution in [0.1, 0.15) is 43.0 Å². The van der Waals surface area contributed by atoms with Crippen molar-refractivity contribution in [3.63, 3.8) is 0 Å². The molecule has 5 nitrogen and oxygen atoms in total. The van der Waals surface area contributed by atoms with Gasteiger partial charge in [0, 0.05) is 5.56 Å². The van der Waals surface area contributed by atoms with Gasteiger partial charge in [-0.05, 0) is 55.9 Å². The predicted molar refractivity (Wildman–Crippen MR) is 78.5 cm³/mol. The summed E-state index contributed by atoms with van der Waals surface area (Å²) < 4.78 is 28.4. The molecule has 0 saturated heterocycles. The molecule has 0 aromatic heterocycles. The van der Waals surface area contributed by atoms with Crippen LogP contribution in [0.3, 0.4) is 0 Å². The van der Waals surface area contributed by atoms with Crippen molar-refractivity contribution in [1.29, 1.82) is 0 Å². The summed E-state index contributed by atoms with van der Waals surface area (Å²) in [4.78, 5) is 23.9. The maximum atomic E-state index is 12.3. The molecule has 0 bridgehead atoms. The molecule has 1 amide bonds. The highest BCUT2D eigenvalue weighted by molar-refractivity contribution is 5.98. The van der Waals surface area contributed by atoms with Crippen LogP contribution >= 0.6 is 0 Å². The first-order valence-corrected chi connectivity index (χ1v) is 7.43. The fourth-order valence-corrected chi connectivity index (χ4v) is 2.72. The second-order valence-electron chi connectivity index (χ2n) is 5.93. The van der Waals surface area contributed by atoms with Crippen molar-refractivity contribution in [2.75, 3.05) is 0 Å². The van der Waals surface area contributed by atoms with Crippen molar-refractivity contribution in [3.8, 4) is 5.75 Å². The van der Waals surface area contributed by atoms with Gasteiger partial charge < -0.3 is 15.2 Å². The molecule has 0 aliphatic heterocycles. The molecule has 126 valence electrons. The molecule has 1 aliphatic rings. The largest absolute Gasteiger partial charge is 0.480 e. The van der Waals surface area contributed by atoms with Gasteiger partial charge in [-0.2, -0.15) is 8.78 Å². The Bertz CT molecular complexity index is 566. The molecule has 0 radical (unpaired) electrons. The summed E-state index contributed by atoms with van der Waals surface area (Å²) in [5, 5.41) is 12.1. The number of benzene rings is 1. The lowest BCUT2D eigenvalue weighted by atomic mass is 9.77. The molecule has 0 spiro atoms. The summed E-state index contributed by atoms with van der Waals surface area (Å²) in [7, 11) is 0. The average molecular weight is 327 g/mol. The maximum Gasteiger partial charge on any atom is 0.387 e. The molecule has 23 heavy (non-hydrogen) atoms. The molecule has 1 aliphatic carbocycles. The summed E-state index contributed by atoms with van der Waals surface area (Å²) in [6, 6.07) is 5.15. The number of rotatable bonds is 5. The number of nitrogens with one attached hydrogen (secondary N) is 1. The molecule has 1 saturated carbocycles. The number of carboxylic acid groups (broad SMARTS) is 1. The first-order valence-electron chi connectivity index (χ1n) is 7.43. The molecule has 0 unspecified atom stereocenters. The van der Waals surface area contributed by atoms with Gasteiger partial charge in [0.15, 0.2) is 0 Å². The number of alkyl halides is 2. The smallest absolute Gasteiger partial charge is 0.387 e.